The zero-order valence-electron chi connectivity index (χ0n) is 13.6. The van der Waals surface area contributed by atoms with Gasteiger partial charge in [-0.1, -0.05) is 30.2 Å². The van der Waals surface area contributed by atoms with Crippen LogP contribution in [0.25, 0.3) is 0 Å². The number of piperidine rings is 1. The van der Waals surface area contributed by atoms with E-state index >= 15 is 0 Å². The number of aromatic nitrogens is 3. The molecule has 0 N–H and O–H groups in total. The molecular weight excluding hydrogens is 324 g/mol. The van der Waals surface area contributed by atoms with Crippen molar-refractivity contribution < 1.29 is 4.79 Å². The molecule has 24 heavy (non-hydrogen) atoms. The number of nitrogens with zero attached hydrogens (tertiary/aromatic N) is 4. The second-order valence-corrected chi connectivity index (χ2v) is 7.30. The van der Waals surface area contributed by atoms with Crippen LogP contribution in [0.3, 0.4) is 0 Å². The highest BCUT2D eigenvalue weighted by Gasteiger charge is 2.48. The number of benzene rings is 1. The first-order valence-electron chi connectivity index (χ1n) is 8.59. The first-order valence-corrected chi connectivity index (χ1v) is 8.96. The molecule has 1 saturated heterocycles. The Balaban J connectivity index is 1.56. The van der Waals surface area contributed by atoms with Gasteiger partial charge in [0.15, 0.2) is 0 Å². The summed E-state index contributed by atoms with van der Waals surface area (Å²) < 4.78 is 1.88. The molecule has 1 aliphatic carbocycles. The molecule has 2 aromatic rings. The molecule has 6 heteroatoms. The van der Waals surface area contributed by atoms with Crippen molar-refractivity contribution in [3.05, 3.63) is 47.5 Å². The first kappa shape index (κ1) is 15.6. The molecule has 1 saturated carbocycles. The van der Waals surface area contributed by atoms with Crippen LogP contribution < -0.4 is 0 Å². The first-order chi connectivity index (χ1) is 11.7. The molecule has 1 aromatic carbocycles. The Morgan fingerprint density at radius 2 is 2.00 bits per heavy atom. The van der Waals surface area contributed by atoms with E-state index in [1.807, 2.05) is 33.8 Å². The van der Waals surface area contributed by atoms with Crippen LogP contribution in [0.4, 0.5) is 0 Å². The number of hydrogen-bond donors (Lipinski definition) is 0. The Kier molecular flexibility index (Phi) is 4.04. The molecule has 1 aliphatic heterocycles. The molecule has 0 radical (unpaired) electrons. The highest BCUT2D eigenvalue weighted by Crippen LogP contribution is 2.46. The summed E-state index contributed by atoms with van der Waals surface area (Å²) in [6.45, 7) is 1.55. The topological polar surface area (TPSA) is 51.0 Å². The number of amides is 1. The highest BCUT2D eigenvalue weighted by atomic mass is 35.5. The van der Waals surface area contributed by atoms with Crippen molar-refractivity contribution in [2.24, 2.45) is 0 Å². The SMILES string of the molecule is O=C(N1CCC[C@H](n2cncn2)C1)C1(c2ccc(Cl)cc2)CCC1. The number of hydrogen-bond acceptors (Lipinski definition) is 3. The van der Waals surface area contributed by atoms with E-state index in [-0.39, 0.29) is 17.4 Å². The maximum atomic E-state index is 13.4. The number of carbonyl (C=O) groups is 1. The van der Waals surface area contributed by atoms with Gasteiger partial charge in [-0.2, -0.15) is 5.10 Å². The van der Waals surface area contributed by atoms with E-state index in [2.05, 4.69) is 10.1 Å². The maximum absolute atomic E-state index is 13.4. The Morgan fingerprint density at radius 1 is 1.21 bits per heavy atom. The summed E-state index contributed by atoms with van der Waals surface area (Å²) >= 11 is 6.02. The average molecular weight is 345 g/mol. The standard InChI is InChI=1S/C18H21ClN4O/c19-15-6-4-14(5-7-15)18(8-2-9-18)17(24)22-10-1-3-16(11-22)23-13-20-12-21-23/h4-7,12-13,16H,1-3,8-11H2/t16-/m0/s1. The number of halogens is 1. The van der Waals surface area contributed by atoms with Gasteiger partial charge in [0, 0.05) is 18.1 Å². The molecule has 1 amide bonds. The van der Waals surface area contributed by atoms with Gasteiger partial charge in [-0.05, 0) is 43.4 Å². The van der Waals surface area contributed by atoms with Crippen LogP contribution in [0.1, 0.15) is 43.7 Å². The lowest BCUT2D eigenvalue weighted by Crippen LogP contribution is -2.53. The van der Waals surface area contributed by atoms with Gasteiger partial charge < -0.3 is 4.90 Å². The minimum Gasteiger partial charge on any atom is -0.340 e. The predicted molar refractivity (Wildman–Crippen MR) is 91.9 cm³/mol. The van der Waals surface area contributed by atoms with Crippen LogP contribution in [0, 0.1) is 0 Å². The van der Waals surface area contributed by atoms with Crippen LogP contribution in [0.15, 0.2) is 36.9 Å². The lowest BCUT2D eigenvalue weighted by molar-refractivity contribution is -0.142. The van der Waals surface area contributed by atoms with E-state index in [0.29, 0.717) is 5.02 Å². The van der Waals surface area contributed by atoms with E-state index < -0.39 is 0 Å². The summed E-state index contributed by atoms with van der Waals surface area (Å²) in [5.74, 6) is 0.265. The van der Waals surface area contributed by atoms with Crippen LogP contribution in [-0.4, -0.2) is 38.7 Å². The quantitative estimate of drug-likeness (QED) is 0.859. The van der Waals surface area contributed by atoms with Crippen molar-refractivity contribution >= 4 is 17.5 Å². The Bertz CT molecular complexity index is 709. The third kappa shape index (κ3) is 2.61. The number of likely N-dealkylation sites (tertiary alicyclic amines) is 1. The fourth-order valence-corrected chi connectivity index (χ4v) is 4.11. The van der Waals surface area contributed by atoms with Gasteiger partial charge >= 0.3 is 0 Å². The molecule has 0 spiro atoms. The van der Waals surface area contributed by atoms with Crippen molar-refractivity contribution in [2.45, 2.75) is 43.6 Å². The maximum Gasteiger partial charge on any atom is 0.233 e. The second-order valence-electron chi connectivity index (χ2n) is 6.87. The predicted octanol–water partition coefficient (Wildman–Crippen LogP) is 3.22. The van der Waals surface area contributed by atoms with E-state index in [4.69, 9.17) is 11.6 Å². The van der Waals surface area contributed by atoms with Gasteiger partial charge in [-0.15, -0.1) is 0 Å². The molecule has 0 bridgehead atoms. The zero-order chi connectivity index (χ0) is 16.6. The van der Waals surface area contributed by atoms with E-state index in [1.165, 1.54) is 0 Å². The Morgan fingerprint density at radius 3 is 2.62 bits per heavy atom. The zero-order valence-corrected chi connectivity index (χ0v) is 14.3. The lowest BCUT2D eigenvalue weighted by atomic mass is 9.63. The molecule has 5 nitrogen and oxygen atoms in total. The molecule has 2 fully saturated rings. The average Bonchev–Trinajstić information content (AvgIpc) is 3.10. The third-order valence-electron chi connectivity index (χ3n) is 5.51. The minimum absolute atomic E-state index is 0.229. The monoisotopic (exact) mass is 344 g/mol. The molecule has 1 atom stereocenters. The summed E-state index contributed by atoms with van der Waals surface area (Å²) in [5.41, 5.74) is 0.750. The van der Waals surface area contributed by atoms with Crippen LogP contribution >= 0.6 is 11.6 Å². The molecule has 0 unspecified atom stereocenters. The molecule has 126 valence electrons. The fraction of sp³-hybridized carbons (Fsp3) is 0.500. The van der Waals surface area contributed by atoms with Crippen molar-refractivity contribution in [1.82, 2.24) is 19.7 Å². The molecule has 1 aromatic heterocycles. The van der Waals surface area contributed by atoms with Crippen LogP contribution in [0.5, 0.6) is 0 Å². The second kappa shape index (κ2) is 6.20. The summed E-state index contributed by atoms with van der Waals surface area (Å²) in [5, 5.41) is 4.96. The summed E-state index contributed by atoms with van der Waals surface area (Å²) in [6, 6.07) is 8.03. The van der Waals surface area contributed by atoms with Gasteiger partial charge in [-0.3, -0.25) is 4.79 Å². The van der Waals surface area contributed by atoms with Gasteiger partial charge in [0.1, 0.15) is 12.7 Å². The molecule has 4 rings (SSSR count). The van der Waals surface area contributed by atoms with Gasteiger partial charge in [0.05, 0.1) is 11.5 Å². The van der Waals surface area contributed by atoms with Crippen molar-refractivity contribution in [3.8, 4) is 0 Å². The van der Waals surface area contributed by atoms with E-state index in [0.717, 1.165) is 50.8 Å². The smallest absolute Gasteiger partial charge is 0.233 e. The summed E-state index contributed by atoms with van der Waals surface area (Å²) in [7, 11) is 0. The normalized spacial score (nSPS) is 22.9. The van der Waals surface area contributed by atoms with E-state index in [1.54, 1.807) is 12.7 Å². The largest absolute Gasteiger partial charge is 0.340 e. The molecule has 2 heterocycles. The van der Waals surface area contributed by atoms with Crippen molar-refractivity contribution in [2.75, 3.05) is 13.1 Å². The van der Waals surface area contributed by atoms with Crippen LogP contribution in [-0.2, 0) is 10.2 Å². The van der Waals surface area contributed by atoms with Crippen LogP contribution in [0.2, 0.25) is 5.02 Å². The summed E-state index contributed by atoms with van der Waals surface area (Å²) in [4.78, 5) is 19.4. The summed E-state index contributed by atoms with van der Waals surface area (Å²) in [6.07, 6.45) is 8.32. The van der Waals surface area contributed by atoms with E-state index in [9.17, 15) is 4.79 Å². The van der Waals surface area contributed by atoms with Gasteiger partial charge in [0.2, 0.25) is 5.91 Å². The minimum atomic E-state index is -0.352. The molecule has 2 aliphatic rings. The fourth-order valence-electron chi connectivity index (χ4n) is 3.99. The third-order valence-corrected chi connectivity index (χ3v) is 5.76. The lowest BCUT2D eigenvalue weighted by Gasteiger charge is -2.46. The van der Waals surface area contributed by atoms with Crippen molar-refractivity contribution in [3.63, 3.8) is 0 Å². The number of carbonyl (C=O) groups excluding carboxylic acids is 1. The van der Waals surface area contributed by atoms with Gasteiger partial charge in [0.25, 0.3) is 0 Å². The number of rotatable bonds is 3. The Hall–Kier alpha value is -1.88. The Labute approximate surface area is 146 Å². The van der Waals surface area contributed by atoms with Crippen molar-refractivity contribution in [1.29, 1.82) is 0 Å². The highest BCUT2D eigenvalue weighted by molar-refractivity contribution is 6.30. The van der Waals surface area contributed by atoms with Gasteiger partial charge in [-0.25, -0.2) is 9.67 Å². The molecular formula is C18H21ClN4O.